The highest BCUT2D eigenvalue weighted by Gasteiger charge is 2.43. The van der Waals surface area contributed by atoms with E-state index in [1.165, 1.54) is 6.33 Å². The Bertz CT molecular complexity index is 791. The first kappa shape index (κ1) is 16.1. The molecule has 1 fully saturated rings. The van der Waals surface area contributed by atoms with Crippen molar-refractivity contribution in [3.05, 3.63) is 41.6 Å². The average Bonchev–Trinajstić information content (AvgIpc) is 2.90. The number of rotatable bonds is 3. The molecule has 10 heteroatoms. The summed E-state index contributed by atoms with van der Waals surface area (Å²) in [6, 6.07) is 5.49. The standard InChI is InChI=1S/C15H17N5O5/c21-6-9-11(22)12(23)15(25-9)18-13-10-14(17-7-16-13)19-4-2-1-3-8(19)5-20(10)24/h1-4,7,9,11-12,15,21-23H,5-6H2,(H,16,17,18)/t9-,11-,12-,15-/m1/s1. The lowest BCUT2D eigenvalue weighted by molar-refractivity contribution is -0.609. The van der Waals surface area contributed by atoms with Gasteiger partial charge in [-0.05, 0) is 17.1 Å². The Balaban J connectivity index is 1.70. The Morgan fingerprint density at radius 1 is 1.32 bits per heavy atom. The molecule has 4 heterocycles. The number of aromatic nitrogens is 3. The fourth-order valence-electron chi connectivity index (χ4n) is 3.07. The van der Waals surface area contributed by atoms with E-state index in [-0.39, 0.29) is 18.1 Å². The molecule has 0 amide bonds. The van der Waals surface area contributed by atoms with Crippen molar-refractivity contribution in [2.24, 2.45) is 0 Å². The summed E-state index contributed by atoms with van der Waals surface area (Å²) in [4.78, 5) is 8.27. The summed E-state index contributed by atoms with van der Waals surface area (Å²) in [5.41, 5.74) is 0.992. The number of ether oxygens (including phenoxy) is 1. The second-order valence-electron chi connectivity index (χ2n) is 5.90. The molecule has 4 atom stereocenters. The van der Waals surface area contributed by atoms with Crippen LogP contribution >= 0.6 is 0 Å². The topological polar surface area (TPSA) is 138 Å². The number of nitrogens with zero attached hydrogens (tertiary/aromatic N) is 4. The van der Waals surface area contributed by atoms with Gasteiger partial charge in [-0.2, -0.15) is 9.55 Å². The molecule has 2 aromatic rings. The van der Waals surface area contributed by atoms with Gasteiger partial charge >= 0.3 is 5.82 Å². The third kappa shape index (κ3) is 2.60. The van der Waals surface area contributed by atoms with Crippen LogP contribution in [0, 0.1) is 5.21 Å². The summed E-state index contributed by atoms with van der Waals surface area (Å²) in [6.07, 6.45) is -1.34. The van der Waals surface area contributed by atoms with E-state index in [2.05, 4.69) is 15.3 Å². The number of hydrogen-bond acceptors (Lipinski definition) is 9. The quantitative estimate of drug-likeness (QED) is 0.485. The second kappa shape index (κ2) is 6.17. The van der Waals surface area contributed by atoms with E-state index in [1.807, 2.05) is 18.2 Å². The number of hydroxylamine groups is 1. The SMILES string of the molecule is [O-]N1Cc2cccc[n+]2-c2ncnc(N[C@@H]3O[C@H](CO)[C@@H](O)[C@H]3O)c21. The normalized spacial score (nSPS) is 27.8. The van der Waals surface area contributed by atoms with E-state index >= 15 is 0 Å². The third-order valence-electron chi connectivity index (χ3n) is 4.35. The van der Waals surface area contributed by atoms with Crippen LogP contribution in [0.1, 0.15) is 5.69 Å². The predicted octanol–water partition coefficient (Wildman–Crippen LogP) is -1.58. The first-order valence-electron chi connectivity index (χ1n) is 7.78. The van der Waals surface area contributed by atoms with Gasteiger partial charge in [-0.1, -0.05) is 6.07 Å². The van der Waals surface area contributed by atoms with Crippen molar-refractivity contribution >= 4 is 11.5 Å². The van der Waals surface area contributed by atoms with Gasteiger partial charge in [0.05, 0.1) is 19.3 Å². The van der Waals surface area contributed by atoms with Crippen LogP contribution in [-0.2, 0) is 11.3 Å². The predicted molar refractivity (Wildman–Crippen MR) is 84.5 cm³/mol. The molecule has 2 aromatic heterocycles. The van der Waals surface area contributed by atoms with Gasteiger partial charge in [0.25, 0.3) is 0 Å². The Kier molecular flexibility index (Phi) is 3.98. The van der Waals surface area contributed by atoms with E-state index in [9.17, 15) is 20.5 Å². The van der Waals surface area contributed by atoms with Crippen LogP contribution in [0.2, 0.25) is 0 Å². The molecule has 0 bridgehead atoms. The first-order chi connectivity index (χ1) is 12.1. The molecular formula is C15H17N5O5. The molecule has 2 aliphatic rings. The minimum Gasteiger partial charge on any atom is -0.758 e. The summed E-state index contributed by atoms with van der Waals surface area (Å²) < 4.78 is 7.17. The minimum atomic E-state index is -1.27. The second-order valence-corrected chi connectivity index (χ2v) is 5.90. The van der Waals surface area contributed by atoms with E-state index in [0.717, 1.165) is 10.8 Å². The van der Waals surface area contributed by atoms with E-state index in [1.54, 1.807) is 10.8 Å². The maximum absolute atomic E-state index is 12.5. The first-order valence-corrected chi connectivity index (χ1v) is 7.78. The molecule has 0 radical (unpaired) electrons. The molecular weight excluding hydrogens is 330 g/mol. The van der Waals surface area contributed by atoms with Crippen LogP contribution in [0.5, 0.6) is 0 Å². The largest absolute Gasteiger partial charge is 0.758 e. The lowest BCUT2D eigenvalue weighted by Crippen LogP contribution is -2.45. The molecule has 10 nitrogen and oxygen atoms in total. The number of hydrogen-bond donors (Lipinski definition) is 4. The highest BCUT2D eigenvalue weighted by atomic mass is 16.6. The van der Waals surface area contributed by atoms with Gasteiger partial charge in [0.15, 0.2) is 17.7 Å². The number of fused-ring (bicyclic) bond motifs is 3. The fraction of sp³-hybridized carbons (Fsp3) is 0.400. The molecule has 4 rings (SSSR count). The van der Waals surface area contributed by atoms with Crippen molar-refractivity contribution in [3.8, 4) is 5.82 Å². The Hall–Kier alpha value is -2.37. The van der Waals surface area contributed by atoms with Crippen LogP contribution in [0.25, 0.3) is 5.82 Å². The maximum Gasteiger partial charge on any atom is 0.356 e. The van der Waals surface area contributed by atoms with Gasteiger partial charge in [-0.25, -0.2) is 0 Å². The smallest absolute Gasteiger partial charge is 0.356 e. The highest BCUT2D eigenvalue weighted by molar-refractivity contribution is 5.72. The van der Waals surface area contributed by atoms with E-state index < -0.39 is 31.1 Å². The Morgan fingerprint density at radius 3 is 2.92 bits per heavy atom. The Morgan fingerprint density at radius 2 is 2.16 bits per heavy atom. The number of pyridine rings is 1. The summed E-state index contributed by atoms with van der Waals surface area (Å²) in [6.45, 7) is -0.318. The molecule has 0 aliphatic carbocycles. The minimum absolute atomic E-state index is 0.117. The molecule has 2 aliphatic heterocycles. The lowest BCUT2D eigenvalue weighted by Gasteiger charge is -2.34. The van der Waals surface area contributed by atoms with Gasteiger partial charge in [-0.15, -0.1) is 0 Å². The zero-order chi connectivity index (χ0) is 17.6. The van der Waals surface area contributed by atoms with Gasteiger partial charge in [-0.3, -0.25) is 0 Å². The number of anilines is 2. The van der Waals surface area contributed by atoms with E-state index in [0.29, 0.717) is 5.82 Å². The van der Waals surface area contributed by atoms with Crippen LogP contribution < -0.4 is 14.9 Å². The molecule has 0 spiro atoms. The molecule has 0 unspecified atom stereocenters. The number of aliphatic hydroxyl groups is 3. The van der Waals surface area contributed by atoms with Crippen LogP contribution in [0.15, 0.2) is 30.7 Å². The van der Waals surface area contributed by atoms with Gasteiger partial charge < -0.3 is 35.6 Å². The van der Waals surface area contributed by atoms with Gasteiger partial charge in [0, 0.05) is 0 Å². The van der Waals surface area contributed by atoms with Crippen LogP contribution in [0.3, 0.4) is 0 Å². The Labute approximate surface area is 142 Å². The number of aliphatic hydroxyl groups excluding tert-OH is 3. The summed E-state index contributed by atoms with van der Waals surface area (Å²) >= 11 is 0. The molecule has 1 saturated heterocycles. The summed E-state index contributed by atoms with van der Waals surface area (Å²) in [5, 5.41) is 45.2. The average molecular weight is 347 g/mol. The van der Waals surface area contributed by atoms with Gasteiger partial charge in [0.1, 0.15) is 24.0 Å². The van der Waals surface area contributed by atoms with Crippen molar-refractivity contribution in [1.29, 1.82) is 0 Å². The molecule has 0 aromatic carbocycles. The monoisotopic (exact) mass is 347 g/mol. The van der Waals surface area contributed by atoms with Crippen molar-refractivity contribution in [2.75, 3.05) is 17.0 Å². The zero-order valence-corrected chi connectivity index (χ0v) is 13.1. The van der Waals surface area contributed by atoms with Crippen molar-refractivity contribution in [1.82, 2.24) is 9.97 Å². The van der Waals surface area contributed by atoms with E-state index in [4.69, 9.17) is 4.74 Å². The molecule has 0 saturated carbocycles. The molecule has 25 heavy (non-hydrogen) atoms. The van der Waals surface area contributed by atoms with Gasteiger partial charge in [0.2, 0.25) is 6.33 Å². The summed E-state index contributed by atoms with van der Waals surface area (Å²) in [7, 11) is 0. The maximum atomic E-state index is 12.5. The zero-order valence-electron chi connectivity index (χ0n) is 13.1. The third-order valence-corrected chi connectivity index (χ3v) is 4.35. The van der Waals surface area contributed by atoms with Crippen molar-refractivity contribution < 1.29 is 24.6 Å². The molecule has 4 N–H and O–H groups in total. The van der Waals surface area contributed by atoms with Crippen molar-refractivity contribution in [2.45, 2.75) is 31.1 Å². The van der Waals surface area contributed by atoms with Crippen LogP contribution in [-0.4, -0.2) is 56.4 Å². The molecule has 132 valence electrons. The number of nitrogens with one attached hydrogen (secondary N) is 1. The summed E-state index contributed by atoms with van der Waals surface area (Å²) in [5.74, 6) is 0.581. The van der Waals surface area contributed by atoms with Crippen molar-refractivity contribution in [3.63, 3.8) is 0 Å². The van der Waals surface area contributed by atoms with Crippen LogP contribution in [0.4, 0.5) is 11.5 Å². The fourth-order valence-corrected chi connectivity index (χ4v) is 3.07. The lowest BCUT2D eigenvalue weighted by atomic mass is 10.1. The highest BCUT2D eigenvalue weighted by Crippen LogP contribution is 2.32.